The molecule has 3 rings (SSSR count). The quantitative estimate of drug-likeness (QED) is 0.722. The van der Waals surface area contributed by atoms with Crippen molar-refractivity contribution in [3.8, 4) is 0 Å². The summed E-state index contributed by atoms with van der Waals surface area (Å²) in [5, 5.41) is 1.000. The lowest BCUT2D eigenvalue weighted by molar-refractivity contribution is -0.142. The number of fused-ring (bicyclic) bond motifs is 1. The second-order valence-electron chi connectivity index (χ2n) is 6.34. The van der Waals surface area contributed by atoms with Gasteiger partial charge in [0.05, 0.1) is 24.6 Å². The molecule has 0 aliphatic carbocycles. The van der Waals surface area contributed by atoms with E-state index in [1.807, 2.05) is 67.6 Å². The lowest BCUT2D eigenvalue weighted by Crippen LogP contribution is -2.44. The maximum atomic E-state index is 12.1. The van der Waals surface area contributed by atoms with E-state index >= 15 is 0 Å². The van der Waals surface area contributed by atoms with Crippen molar-refractivity contribution in [2.45, 2.75) is 24.8 Å². The molecule has 1 heterocycles. The molecule has 0 fully saturated rings. The van der Waals surface area contributed by atoms with Gasteiger partial charge in [-0.05, 0) is 23.3 Å². The van der Waals surface area contributed by atoms with Gasteiger partial charge in [0.1, 0.15) is 0 Å². The van der Waals surface area contributed by atoms with Crippen LogP contribution in [0.25, 0.3) is 10.9 Å². The molecule has 0 aliphatic rings. The molecular weight excluding hydrogens is 312 g/mol. The third-order valence-electron chi connectivity index (χ3n) is 4.86. The van der Waals surface area contributed by atoms with E-state index in [-0.39, 0.29) is 18.3 Å². The van der Waals surface area contributed by atoms with Gasteiger partial charge < -0.3 is 10.5 Å². The van der Waals surface area contributed by atoms with Crippen LogP contribution in [0, 0.1) is 0 Å². The number of pyridine rings is 1. The van der Waals surface area contributed by atoms with Gasteiger partial charge in [-0.25, -0.2) is 0 Å². The zero-order chi connectivity index (χ0) is 17.9. The standard InChI is InChI=1S/C21H22N2O2/c1-15(16-8-4-3-5-9-16)21(22,13-20(24)25-2)18-12-17-10-6-7-11-19(17)23-14-18/h3-12,14-15H,13,22H2,1-2H3. The van der Waals surface area contributed by atoms with Crippen LogP contribution in [0.5, 0.6) is 0 Å². The first kappa shape index (κ1) is 17.1. The fourth-order valence-electron chi connectivity index (χ4n) is 3.18. The third-order valence-corrected chi connectivity index (χ3v) is 4.86. The molecule has 2 unspecified atom stereocenters. The van der Waals surface area contributed by atoms with E-state index in [1.54, 1.807) is 6.20 Å². The summed E-state index contributed by atoms with van der Waals surface area (Å²) in [6, 6.07) is 19.9. The minimum Gasteiger partial charge on any atom is -0.469 e. The molecule has 0 bridgehead atoms. The number of methoxy groups -OCH3 is 1. The predicted octanol–water partition coefficient (Wildman–Crippen LogP) is 3.76. The first-order valence-corrected chi connectivity index (χ1v) is 8.30. The van der Waals surface area contributed by atoms with Crippen LogP contribution < -0.4 is 5.73 Å². The topological polar surface area (TPSA) is 65.2 Å². The highest BCUT2D eigenvalue weighted by Gasteiger charge is 2.38. The molecule has 1 aromatic heterocycles. The van der Waals surface area contributed by atoms with Gasteiger partial charge in [-0.1, -0.05) is 55.5 Å². The number of nitrogens with zero attached hydrogens (tertiary/aromatic N) is 1. The van der Waals surface area contributed by atoms with Gasteiger partial charge in [0.2, 0.25) is 0 Å². The van der Waals surface area contributed by atoms with E-state index in [2.05, 4.69) is 4.98 Å². The fourth-order valence-corrected chi connectivity index (χ4v) is 3.18. The number of nitrogens with two attached hydrogens (primary N) is 1. The first-order valence-electron chi connectivity index (χ1n) is 8.30. The van der Waals surface area contributed by atoms with Crippen molar-refractivity contribution in [1.29, 1.82) is 0 Å². The Morgan fingerprint density at radius 3 is 2.56 bits per heavy atom. The van der Waals surface area contributed by atoms with Crippen molar-refractivity contribution >= 4 is 16.9 Å². The van der Waals surface area contributed by atoms with Crippen LogP contribution >= 0.6 is 0 Å². The van der Waals surface area contributed by atoms with Gasteiger partial charge in [-0.3, -0.25) is 9.78 Å². The highest BCUT2D eigenvalue weighted by Crippen LogP contribution is 2.38. The van der Waals surface area contributed by atoms with Crippen LogP contribution in [0.3, 0.4) is 0 Å². The molecule has 0 spiro atoms. The Morgan fingerprint density at radius 1 is 1.16 bits per heavy atom. The minimum atomic E-state index is -0.911. The molecule has 25 heavy (non-hydrogen) atoms. The first-order chi connectivity index (χ1) is 12.0. The van der Waals surface area contributed by atoms with Crippen LogP contribution in [0.2, 0.25) is 0 Å². The van der Waals surface area contributed by atoms with E-state index in [0.717, 1.165) is 22.0 Å². The lowest BCUT2D eigenvalue weighted by Gasteiger charge is -2.35. The van der Waals surface area contributed by atoms with E-state index in [1.165, 1.54) is 7.11 Å². The molecule has 0 saturated carbocycles. The summed E-state index contributed by atoms with van der Waals surface area (Å²) in [7, 11) is 1.38. The summed E-state index contributed by atoms with van der Waals surface area (Å²) < 4.78 is 4.90. The van der Waals surface area contributed by atoms with Gasteiger partial charge in [0.15, 0.2) is 0 Å². The predicted molar refractivity (Wildman–Crippen MR) is 99.1 cm³/mol. The number of benzene rings is 2. The number of rotatable bonds is 5. The smallest absolute Gasteiger partial charge is 0.307 e. The largest absolute Gasteiger partial charge is 0.469 e. The highest BCUT2D eigenvalue weighted by atomic mass is 16.5. The second kappa shape index (κ2) is 7.03. The SMILES string of the molecule is COC(=O)CC(N)(c1cnc2ccccc2c1)C(C)c1ccccc1. The van der Waals surface area contributed by atoms with Crippen LogP contribution in [0.4, 0.5) is 0 Å². The molecule has 0 radical (unpaired) electrons. The Balaban J connectivity index is 2.10. The molecule has 0 aliphatic heterocycles. The maximum Gasteiger partial charge on any atom is 0.307 e. The molecule has 128 valence electrons. The molecule has 4 heteroatoms. The Bertz CT molecular complexity index is 879. The van der Waals surface area contributed by atoms with Gasteiger partial charge in [0, 0.05) is 17.5 Å². The van der Waals surface area contributed by atoms with Crippen LogP contribution in [0.1, 0.15) is 30.4 Å². The Hall–Kier alpha value is -2.72. The van der Waals surface area contributed by atoms with Gasteiger partial charge in [0.25, 0.3) is 0 Å². The summed E-state index contributed by atoms with van der Waals surface area (Å²) >= 11 is 0. The summed E-state index contributed by atoms with van der Waals surface area (Å²) in [6.45, 7) is 2.04. The van der Waals surface area contributed by atoms with Crippen molar-refractivity contribution in [2.75, 3.05) is 7.11 Å². The number of hydrogen-bond acceptors (Lipinski definition) is 4. The number of aromatic nitrogens is 1. The van der Waals surface area contributed by atoms with E-state index in [4.69, 9.17) is 10.5 Å². The molecule has 2 atom stereocenters. The summed E-state index contributed by atoms with van der Waals surface area (Å²) in [4.78, 5) is 16.6. The van der Waals surface area contributed by atoms with Crippen LogP contribution in [0.15, 0.2) is 66.9 Å². The van der Waals surface area contributed by atoms with E-state index in [9.17, 15) is 4.79 Å². The Morgan fingerprint density at radius 2 is 1.84 bits per heavy atom. The van der Waals surface area contributed by atoms with E-state index in [0.29, 0.717) is 0 Å². The number of hydrogen-bond donors (Lipinski definition) is 1. The number of carbonyl (C=O) groups is 1. The zero-order valence-corrected chi connectivity index (χ0v) is 14.5. The monoisotopic (exact) mass is 334 g/mol. The lowest BCUT2D eigenvalue weighted by atomic mass is 9.74. The number of ether oxygens (including phenoxy) is 1. The molecule has 2 N–H and O–H groups in total. The molecule has 0 saturated heterocycles. The number of para-hydroxylation sites is 1. The molecule has 2 aromatic carbocycles. The summed E-state index contributed by atoms with van der Waals surface area (Å²) in [5.74, 6) is -0.422. The van der Waals surface area contributed by atoms with Crippen molar-refractivity contribution < 1.29 is 9.53 Å². The third kappa shape index (κ3) is 3.39. The molecular formula is C21H22N2O2. The summed E-state index contributed by atoms with van der Waals surface area (Å²) in [6.07, 6.45) is 1.85. The van der Waals surface area contributed by atoms with Gasteiger partial charge in [-0.15, -0.1) is 0 Å². The maximum absolute atomic E-state index is 12.1. The molecule has 0 amide bonds. The summed E-state index contributed by atoms with van der Waals surface area (Å²) in [5.41, 5.74) is 8.71. The normalized spacial score (nSPS) is 14.7. The van der Waals surface area contributed by atoms with Gasteiger partial charge >= 0.3 is 5.97 Å². The Kier molecular flexibility index (Phi) is 4.81. The molecule has 3 aromatic rings. The number of esters is 1. The zero-order valence-electron chi connectivity index (χ0n) is 14.5. The highest BCUT2D eigenvalue weighted by molar-refractivity contribution is 5.79. The van der Waals surface area contributed by atoms with Crippen LogP contribution in [-0.2, 0) is 15.1 Å². The van der Waals surface area contributed by atoms with Crippen molar-refractivity contribution in [1.82, 2.24) is 4.98 Å². The van der Waals surface area contributed by atoms with Crippen molar-refractivity contribution in [3.05, 3.63) is 78.0 Å². The Labute approximate surface area is 147 Å². The van der Waals surface area contributed by atoms with Crippen LogP contribution in [-0.4, -0.2) is 18.1 Å². The average molecular weight is 334 g/mol. The van der Waals surface area contributed by atoms with Crippen molar-refractivity contribution in [2.24, 2.45) is 5.73 Å². The van der Waals surface area contributed by atoms with Gasteiger partial charge in [-0.2, -0.15) is 0 Å². The molecule has 4 nitrogen and oxygen atoms in total. The van der Waals surface area contributed by atoms with E-state index < -0.39 is 5.54 Å². The minimum absolute atomic E-state index is 0.0829. The second-order valence-corrected chi connectivity index (χ2v) is 6.34. The fraction of sp³-hybridized carbons (Fsp3) is 0.238. The number of carbonyl (C=O) groups excluding carboxylic acids is 1. The average Bonchev–Trinajstić information content (AvgIpc) is 2.67. The van der Waals surface area contributed by atoms with Crippen molar-refractivity contribution in [3.63, 3.8) is 0 Å².